The number of urea groups is 1. The van der Waals surface area contributed by atoms with Crippen LogP contribution in [0.15, 0.2) is 24.3 Å². The summed E-state index contributed by atoms with van der Waals surface area (Å²) in [7, 11) is 3.07. The topological polar surface area (TPSA) is 55.8 Å². The van der Waals surface area contributed by atoms with Crippen LogP contribution in [0.4, 0.5) is 29.3 Å². The first-order chi connectivity index (χ1) is 10.1. The molecule has 0 radical (unpaired) electrons. The number of carbonyl (C=O) groups is 1. The van der Waals surface area contributed by atoms with Crippen molar-refractivity contribution in [2.24, 2.45) is 0 Å². The SMILES string of the molecule is CCN(C)c1cccc(NC(=O)N(C)CC(O)C(F)(F)F)c1. The summed E-state index contributed by atoms with van der Waals surface area (Å²) in [5.41, 5.74) is 1.34. The summed E-state index contributed by atoms with van der Waals surface area (Å²) in [6, 6.07) is 6.23. The van der Waals surface area contributed by atoms with Crippen LogP contribution in [-0.2, 0) is 0 Å². The highest BCUT2D eigenvalue weighted by Gasteiger charge is 2.39. The average Bonchev–Trinajstić information content (AvgIpc) is 2.45. The molecule has 0 aliphatic rings. The van der Waals surface area contributed by atoms with E-state index in [-0.39, 0.29) is 0 Å². The molecule has 5 nitrogen and oxygen atoms in total. The lowest BCUT2D eigenvalue weighted by Crippen LogP contribution is -2.43. The van der Waals surface area contributed by atoms with E-state index in [1.165, 1.54) is 7.05 Å². The standard InChI is InChI=1S/C14H20F3N3O2/c1-4-19(2)11-7-5-6-10(8-11)18-13(22)20(3)9-12(21)14(15,16)17/h5-8,12,21H,4,9H2,1-3H3,(H,18,22). The minimum absolute atomic E-state index is 0.469. The van der Waals surface area contributed by atoms with Crippen LogP contribution >= 0.6 is 0 Å². The van der Waals surface area contributed by atoms with Crippen LogP contribution in [0.2, 0.25) is 0 Å². The molecule has 2 amide bonds. The van der Waals surface area contributed by atoms with Crippen LogP contribution < -0.4 is 10.2 Å². The quantitative estimate of drug-likeness (QED) is 0.877. The number of halogens is 3. The fraction of sp³-hybridized carbons (Fsp3) is 0.500. The molecule has 1 atom stereocenters. The molecule has 0 aliphatic heterocycles. The minimum Gasteiger partial charge on any atom is -0.382 e. The maximum Gasteiger partial charge on any atom is 0.416 e. The molecule has 0 aromatic heterocycles. The molecule has 124 valence electrons. The van der Waals surface area contributed by atoms with Crippen molar-refractivity contribution in [2.75, 3.05) is 37.4 Å². The highest BCUT2D eigenvalue weighted by Crippen LogP contribution is 2.21. The number of aliphatic hydroxyl groups is 1. The summed E-state index contributed by atoms with van der Waals surface area (Å²) in [6.45, 7) is 1.91. The highest BCUT2D eigenvalue weighted by atomic mass is 19.4. The summed E-state index contributed by atoms with van der Waals surface area (Å²) in [4.78, 5) is 14.6. The van der Waals surface area contributed by atoms with Crippen molar-refractivity contribution < 1.29 is 23.1 Å². The molecule has 1 aromatic rings. The zero-order valence-electron chi connectivity index (χ0n) is 12.7. The van der Waals surface area contributed by atoms with Crippen molar-refractivity contribution in [3.8, 4) is 0 Å². The van der Waals surface area contributed by atoms with E-state index in [4.69, 9.17) is 5.11 Å². The molecule has 0 fully saturated rings. The number of nitrogens with one attached hydrogen (secondary N) is 1. The van der Waals surface area contributed by atoms with Gasteiger partial charge in [0.05, 0.1) is 6.54 Å². The minimum atomic E-state index is -4.75. The van der Waals surface area contributed by atoms with Crippen molar-refractivity contribution in [2.45, 2.75) is 19.2 Å². The Bertz CT molecular complexity index is 508. The molecule has 0 heterocycles. The van der Waals surface area contributed by atoms with Gasteiger partial charge >= 0.3 is 12.2 Å². The van der Waals surface area contributed by atoms with E-state index in [0.29, 0.717) is 5.69 Å². The molecule has 1 unspecified atom stereocenters. The van der Waals surface area contributed by atoms with E-state index < -0.39 is 24.9 Å². The second kappa shape index (κ2) is 7.35. The van der Waals surface area contributed by atoms with Gasteiger partial charge in [-0.05, 0) is 25.1 Å². The predicted octanol–water partition coefficient (Wildman–Crippen LogP) is 2.53. The van der Waals surface area contributed by atoms with Crippen molar-refractivity contribution >= 4 is 17.4 Å². The molecule has 2 N–H and O–H groups in total. The lowest BCUT2D eigenvalue weighted by Gasteiger charge is -2.23. The number of benzene rings is 1. The third-order valence-electron chi connectivity index (χ3n) is 3.18. The van der Waals surface area contributed by atoms with Gasteiger partial charge in [-0.15, -0.1) is 0 Å². The summed E-state index contributed by atoms with van der Waals surface area (Å²) in [5, 5.41) is 11.5. The van der Waals surface area contributed by atoms with E-state index >= 15 is 0 Å². The largest absolute Gasteiger partial charge is 0.416 e. The number of amides is 2. The van der Waals surface area contributed by atoms with E-state index in [1.807, 2.05) is 24.9 Å². The number of aliphatic hydroxyl groups excluding tert-OH is 1. The van der Waals surface area contributed by atoms with Crippen molar-refractivity contribution in [3.63, 3.8) is 0 Å². The lowest BCUT2D eigenvalue weighted by atomic mass is 10.2. The molecule has 22 heavy (non-hydrogen) atoms. The van der Waals surface area contributed by atoms with Gasteiger partial charge in [-0.2, -0.15) is 13.2 Å². The van der Waals surface area contributed by atoms with E-state index in [9.17, 15) is 18.0 Å². The van der Waals surface area contributed by atoms with E-state index in [2.05, 4.69) is 5.32 Å². The van der Waals surface area contributed by atoms with Gasteiger partial charge in [-0.25, -0.2) is 4.79 Å². The van der Waals surface area contributed by atoms with Gasteiger partial charge in [-0.3, -0.25) is 0 Å². The highest BCUT2D eigenvalue weighted by molar-refractivity contribution is 5.89. The Balaban J connectivity index is 2.68. The normalized spacial score (nSPS) is 12.7. The fourth-order valence-electron chi connectivity index (χ4n) is 1.67. The maximum absolute atomic E-state index is 12.3. The van der Waals surface area contributed by atoms with Crippen LogP contribution in [-0.4, -0.2) is 55.5 Å². The number of hydrogen-bond acceptors (Lipinski definition) is 3. The Morgan fingerprint density at radius 2 is 2.00 bits per heavy atom. The molecule has 8 heteroatoms. The Labute approximate surface area is 127 Å². The van der Waals surface area contributed by atoms with Crippen LogP contribution in [0, 0.1) is 0 Å². The lowest BCUT2D eigenvalue weighted by molar-refractivity contribution is -0.205. The Hall–Kier alpha value is -1.96. The third kappa shape index (κ3) is 5.10. The molecule has 0 saturated heterocycles. The molecule has 0 spiro atoms. The first kappa shape index (κ1) is 18.1. The second-order valence-electron chi connectivity index (χ2n) is 4.93. The maximum atomic E-state index is 12.3. The molecular formula is C14H20F3N3O2. The first-order valence-electron chi connectivity index (χ1n) is 6.73. The smallest absolute Gasteiger partial charge is 0.382 e. The number of alkyl halides is 3. The van der Waals surface area contributed by atoms with Gasteiger partial charge < -0.3 is 20.2 Å². The van der Waals surface area contributed by atoms with Crippen molar-refractivity contribution in [3.05, 3.63) is 24.3 Å². The zero-order chi connectivity index (χ0) is 16.9. The summed E-state index contributed by atoms with van der Waals surface area (Å²) >= 11 is 0. The summed E-state index contributed by atoms with van der Waals surface area (Å²) < 4.78 is 36.8. The van der Waals surface area contributed by atoms with Gasteiger partial charge in [-0.1, -0.05) is 6.07 Å². The summed E-state index contributed by atoms with van der Waals surface area (Å²) in [5.74, 6) is 0. The third-order valence-corrected chi connectivity index (χ3v) is 3.18. The number of nitrogens with zero attached hydrogens (tertiary/aromatic N) is 2. The Kier molecular flexibility index (Phi) is 6.04. The number of rotatable bonds is 5. The molecule has 0 aliphatic carbocycles. The number of anilines is 2. The van der Waals surface area contributed by atoms with Gasteiger partial charge in [0, 0.05) is 32.0 Å². The molecular weight excluding hydrogens is 299 g/mol. The molecule has 1 rings (SSSR count). The van der Waals surface area contributed by atoms with Crippen molar-refractivity contribution in [1.82, 2.24) is 4.90 Å². The molecule has 0 saturated carbocycles. The molecule has 1 aromatic carbocycles. The van der Waals surface area contributed by atoms with E-state index in [0.717, 1.165) is 17.1 Å². The van der Waals surface area contributed by atoms with E-state index in [1.54, 1.807) is 18.2 Å². The number of hydrogen-bond donors (Lipinski definition) is 2. The number of likely N-dealkylation sites (N-methyl/N-ethyl adjacent to an activating group) is 1. The Morgan fingerprint density at radius 1 is 1.36 bits per heavy atom. The monoisotopic (exact) mass is 319 g/mol. The van der Waals surface area contributed by atoms with Crippen molar-refractivity contribution in [1.29, 1.82) is 0 Å². The second-order valence-corrected chi connectivity index (χ2v) is 4.93. The van der Waals surface area contributed by atoms with Crippen LogP contribution in [0.25, 0.3) is 0 Å². The predicted molar refractivity (Wildman–Crippen MR) is 79.1 cm³/mol. The first-order valence-corrected chi connectivity index (χ1v) is 6.73. The fourth-order valence-corrected chi connectivity index (χ4v) is 1.67. The summed E-state index contributed by atoms with van der Waals surface area (Å²) in [6.07, 6.45) is -7.32. The van der Waals surface area contributed by atoms with Gasteiger partial charge in [0.25, 0.3) is 0 Å². The average molecular weight is 319 g/mol. The zero-order valence-corrected chi connectivity index (χ0v) is 12.7. The van der Waals surface area contributed by atoms with Gasteiger partial charge in [0.2, 0.25) is 0 Å². The van der Waals surface area contributed by atoms with Crippen LogP contribution in [0.5, 0.6) is 0 Å². The number of carbonyl (C=O) groups excluding carboxylic acids is 1. The van der Waals surface area contributed by atoms with Crippen LogP contribution in [0.3, 0.4) is 0 Å². The van der Waals surface area contributed by atoms with Crippen LogP contribution in [0.1, 0.15) is 6.92 Å². The Morgan fingerprint density at radius 3 is 2.55 bits per heavy atom. The van der Waals surface area contributed by atoms with Gasteiger partial charge in [0.1, 0.15) is 0 Å². The molecule has 0 bridgehead atoms. The van der Waals surface area contributed by atoms with Gasteiger partial charge in [0.15, 0.2) is 6.10 Å².